The Hall–Kier alpha value is -1.58. The Balaban J connectivity index is 0.000000140. The fourth-order valence-corrected chi connectivity index (χ4v) is 7.04. The summed E-state index contributed by atoms with van der Waals surface area (Å²) in [4.78, 5) is 20.6. The first-order valence-corrected chi connectivity index (χ1v) is 9.64. The molecule has 5 aliphatic carbocycles. The second-order valence-corrected chi connectivity index (χ2v) is 8.34. The van der Waals surface area contributed by atoms with Crippen LogP contribution in [0.1, 0.15) is 32.1 Å². The zero-order valence-corrected chi connectivity index (χ0v) is 15.1. The van der Waals surface area contributed by atoms with E-state index in [4.69, 9.17) is 0 Å². The number of carbonyl (C=O) groups excluding carboxylic acids is 2. The van der Waals surface area contributed by atoms with Gasteiger partial charge in [-0.2, -0.15) is 0 Å². The number of hydrogen-bond donors (Lipinski definition) is 0. The fourth-order valence-electron chi connectivity index (χ4n) is 7.04. The largest absolute Gasteiger partial charge is 0.466 e. The summed E-state index contributed by atoms with van der Waals surface area (Å²) in [7, 11) is 2.45. The Bertz CT molecular complexity index is 589. The number of ether oxygens (including phenoxy) is 2. The van der Waals surface area contributed by atoms with Crippen LogP contribution in [0.5, 0.6) is 0 Å². The van der Waals surface area contributed by atoms with E-state index in [2.05, 4.69) is 21.6 Å². The van der Waals surface area contributed by atoms with Gasteiger partial charge in [-0.05, 0) is 79.4 Å². The molecular formula is C21H28O4. The van der Waals surface area contributed by atoms with E-state index in [-0.39, 0.29) is 0 Å². The minimum absolute atomic E-state index is 0.578. The molecule has 5 aliphatic rings. The summed E-state index contributed by atoms with van der Waals surface area (Å²) in [6, 6.07) is 0. The molecule has 136 valence electrons. The molecule has 0 heterocycles. The Labute approximate surface area is 149 Å². The van der Waals surface area contributed by atoms with Gasteiger partial charge < -0.3 is 9.47 Å². The monoisotopic (exact) mass is 344 g/mol. The lowest BCUT2D eigenvalue weighted by Gasteiger charge is -2.40. The van der Waals surface area contributed by atoms with E-state index in [0.717, 1.165) is 35.8 Å². The Morgan fingerprint density at radius 3 is 2.08 bits per heavy atom. The minimum atomic E-state index is -0.578. The van der Waals surface area contributed by atoms with Crippen LogP contribution in [-0.4, -0.2) is 26.2 Å². The van der Waals surface area contributed by atoms with Gasteiger partial charge in [0.15, 0.2) is 0 Å². The van der Waals surface area contributed by atoms with Crippen molar-refractivity contribution < 1.29 is 19.1 Å². The van der Waals surface area contributed by atoms with E-state index < -0.39 is 11.9 Å². The number of carbonyl (C=O) groups is 2. The summed E-state index contributed by atoms with van der Waals surface area (Å²) in [5.74, 6) is 8.03. The van der Waals surface area contributed by atoms with Crippen LogP contribution in [0.3, 0.4) is 0 Å². The second-order valence-electron chi connectivity index (χ2n) is 8.34. The molecule has 0 aromatic carbocycles. The number of allylic oxidation sites excluding steroid dienone is 2. The minimum Gasteiger partial charge on any atom is -0.466 e. The zero-order valence-electron chi connectivity index (χ0n) is 15.1. The van der Waals surface area contributed by atoms with E-state index in [1.54, 1.807) is 25.7 Å². The van der Waals surface area contributed by atoms with Gasteiger partial charge in [0.25, 0.3) is 0 Å². The molecule has 0 aromatic heterocycles. The molecule has 25 heavy (non-hydrogen) atoms. The van der Waals surface area contributed by atoms with Crippen LogP contribution in [0.2, 0.25) is 0 Å². The van der Waals surface area contributed by atoms with Crippen molar-refractivity contribution in [2.45, 2.75) is 32.1 Å². The van der Waals surface area contributed by atoms with E-state index in [1.165, 1.54) is 44.3 Å². The number of esters is 2. The lowest BCUT2D eigenvalue weighted by atomic mass is 9.64. The SMILES string of the molecule is C1=CC2C(C1)C1CC2C2C3CCC(C3)C12.COC(=O)C=CC(=O)OC. The van der Waals surface area contributed by atoms with Crippen LogP contribution in [0.25, 0.3) is 0 Å². The van der Waals surface area contributed by atoms with Crippen molar-refractivity contribution in [2.75, 3.05) is 14.2 Å². The Morgan fingerprint density at radius 1 is 0.880 bits per heavy atom. The predicted molar refractivity (Wildman–Crippen MR) is 93.3 cm³/mol. The summed E-state index contributed by atoms with van der Waals surface area (Å²) in [6.45, 7) is 0. The first-order valence-electron chi connectivity index (χ1n) is 9.64. The fraction of sp³-hybridized carbons (Fsp3) is 0.714. The average molecular weight is 344 g/mol. The lowest BCUT2D eigenvalue weighted by molar-refractivity contribution is -0.137. The summed E-state index contributed by atoms with van der Waals surface area (Å²) < 4.78 is 8.42. The third-order valence-electron chi connectivity index (χ3n) is 7.64. The molecule has 4 heteroatoms. The van der Waals surface area contributed by atoms with Crippen molar-refractivity contribution >= 4 is 11.9 Å². The number of hydrogen-bond acceptors (Lipinski definition) is 4. The van der Waals surface area contributed by atoms with Gasteiger partial charge in [0.1, 0.15) is 0 Å². The maximum absolute atomic E-state index is 10.3. The molecule has 8 unspecified atom stereocenters. The molecule has 4 nitrogen and oxygen atoms in total. The highest BCUT2D eigenvalue weighted by Gasteiger charge is 2.65. The van der Waals surface area contributed by atoms with Crippen LogP contribution in [0, 0.1) is 47.3 Å². The zero-order chi connectivity index (χ0) is 17.6. The number of rotatable bonds is 2. The smallest absolute Gasteiger partial charge is 0.330 e. The van der Waals surface area contributed by atoms with Gasteiger partial charge in [-0.3, -0.25) is 0 Å². The first kappa shape index (κ1) is 16.9. The van der Waals surface area contributed by atoms with Gasteiger partial charge in [-0.25, -0.2) is 9.59 Å². The van der Waals surface area contributed by atoms with Gasteiger partial charge in [-0.1, -0.05) is 12.2 Å². The van der Waals surface area contributed by atoms with Gasteiger partial charge in [0, 0.05) is 12.2 Å². The lowest BCUT2D eigenvalue weighted by Crippen LogP contribution is -2.36. The summed E-state index contributed by atoms with van der Waals surface area (Å²) in [5.41, 5.74) is 0. The summed E-state index contributed by atoms with van der Waals surface area (Å²) in [5, 5.41) is 0. The maximum atomic E-state index is 10.3. The quantitative estimate of drug-likeness (QED) is 0.333. The van der Waals surface area contributed by atoms with E-state index >= 15 is 0 Å². The highest BCUT2D eigenvalue weighted by atomic mass is 16.5. The molecule has 4 fully saturated rings. The molecule has 0 amide bonds. The third kappa shape index (κ3) is 2.74. The van der Waals surface area contributed by atoms with Crippen molar-refractivity contribution in [1.82, 2.24) is 0 Å². The van der Waals surface area contributed by atoms with Gasteiger partial charge in [-0.15, -0.1) is 0 Å². The van der Waals surface area contributed by atoms with Gasteiger partial charge in [0.2, 0.25) is 0 Å². The van der Waals surface area contributed by atoms with Crippen molar-refractivity contribution in [3.8, 4) is 0 Å². The number of fused-ring (bicyclic) bond motifs is 12. The Morgan fingerprint density at radius 2 is 1.48 bits per heavy atom. The van der Waals surface area contributed by atoms with Crippen LogP contribution in [0.15, 0.2) is 24.3 Å². The molecule has 0 N–H and O–H groups in total. The molecule has 0 radical (unpaired) electrons. The molecule has 0 spiro atoms. The van der Waals surface area contributed by atoms with Crippen LogP contribution in [-0.2, 0) is 19.1 Å². The van der Waals surface area contributed by atoms with Crippen molar-refractivity contribution in [2.24, 2.45) is 47.3 Å². The Kier molecular flexibility index (Phi) is 4.47. The van der Waals surface area contributed by atoms with Gasteiger partial charge in [0.05, 0.1) is 14.2 Å². The highest BCUT2D eigenvalue weighted by molar-refractivity contribution is 5.91. The van der Waals surface area contributed by atoms with Crippen molar-refractivity contribution in [3.05, 3.63) is 24.3 Å². The van der Waals surface area contributed by atoms with Crippen molar-refractivity contribution in [1.29, 1.82) is 0 Å². The molecule has 4 bridgehead atoms. The third-order valence-corrected chi connectivity index (χ3v) is 7.64. The standard InChI is InChI=1S/C15H20.C6H8O4/c1-2-10-11(3-1)13-7-12(10)14-8-4-5-9(6-8)15(13)14;1-9-5(7)3-4-6(8)10-2/h1-2,8-15H,3-7H2;3-4H,1-2H3. The molecule has 0 aromatic rings. The van der Waals surface area contributed by atoms with Crippen LogP contribution >= 0.6 is 0 Å². The molecule has 8 atom stereocenters. The topological polar surface area (TPSA) is 52.6 Å². The molecule has 5 rings (SSSR count). The molecule has 0 saturated heterocycles. The van der Waals surface area contributed by atoms with Crippen LogP contribution < -0.4 is 0 Å². The molecular weight excluding hydrogens is 316 g/mol. The van der Waals surface area contributed by atoms with E-state index in [9.17, 15) is 9.59 Å². The van der Waals surface area contributed by atoms with E-state index in [1.807, 2.05) is 0 Å². The molecule has 4 saturated carbocycles. The summed E-state index contributed by atoms with van der Waals surface area (Å²) in [6.07, 6.45) is 15.0. The second kappa shape index (κ2) is 6.62. The summed E-state index contributed by atoms with van der Waals surface area (Å²) >= 11 is 0. The highest BCUT2D eigenvalue weighted by Crippen LogP contribution is 2.71. The van der Waals surface area contributed by atoms with Gasteiger partial charge >= 0.3 is 11.9 Å². The van der Waals surface area contributed by atoms with Crippen LogP contribution in [0.4, 0.5) is 0 Å². The first-order chi connectivity index (χ1) is 12.1. The maximum Gasteiger partial charge on any atom is 0.330 e. The van der Waals surface area contributed by atoms with Crippen molar-refractivity contribution in [3.63, 3.8) is 0 Å². The normalized spacial score (nSPS) is 44.4. The molecule has 0 aliphatic heterocycles. The van der Waals surface area contributed by atoms with E-state index in [0.29, 0.717) is 0 Å². The number of methoxy groups -OCH3 is 2. The predicted octanol–water partition coefficient (Wildman–Crippen LogP) is 3.38. The average Bonchev–Trinajstić information content (AvgIpc) is 3.41.